The average Bonchev–Trinajstić information content (AvgIpc) is 3.02. The van der Waals surface area contributed by atoms with Crippen LogP contribution >= 0.6 is 15.9 Å². The molecule has 0 saturated heterocycles. The van der Waals surface area contributed by atoms with Gasteiger partial charge in [0.1, 0.15) is 11.6 Å². The maximum atomic E-state index is 12.6. The van der Waals surface area contributed by atoms with E-state index in [1.807, 2.05) is 36.4 Å². The highest BCUT2D eigenvalue weighted by molar-refractivity contribution is 9.10. The minimum absolute atomic E-state index is 0.113. The SMILES string of the molecule is COc1ccc(Br)cc1CNC(=O)c1ccc2c(c1)nc1n2CC[C@@H](C)C1. The summed E-state index contributed by atoms with van der Waals surface area (Å²) in [4.78, 5) is 17.4. The molecule has 0 fully saturated rings. The van der Waals surface area contributed by atoms with Crippen molar-refractivity contribution in [3.05, 3.63) is 57.8 Å². The summed E-state index contributed by atoms with van der Waals surface area (Å²) in [6, 6.07) is 11.5. The Morgan fingerprint density at radius 1 is 1.33 bits per heavy atom. The summed E-state index contributed by atoms with van der Waals surface area (Å²) in [6.07, 6.45) is 2.17. The highest BCUT2D eigenvalue weighted by Crippen LogP contribution is 2.26. The number of imidazole rings is 1. The Morgan fingerprint density at radius 3 is 3.00 bits per heavy atom. The number of nitrogens with zero attached hydrogens (tertiary/aromatic N) is 2. The second-order valence-corrected chi connectivity index (χ2v) is 8.04. The molecule has 140 valence electrons. The van der Waals surface area contributed by atoms with Gasteiger partial charge in [0.2, 0.25) is 0 Å². The van der Waals surface area contributed by atoms with Crippen LogP contribution in [0.1, 0.15) is 35.1 Å². The van der Waals surface area contributed by atoms with Crippen LogP contribution in [0.4, 0.5) is 0 Å². The van der Waals surface area contributed by atoms with E-state index in [0.29, 0.717) is 18.0 Å². The first-order valence-electron chi connectivity index (χ1n) is 9.15. The molecule has 27 heavy (non-hydrogen) atoms. The second kappa shape index (κ2) is 7.35. The molecule has 1 aliphatic heterocycles. The van der Waals surface area contributed by atoms with Gasteiger partial charge in [-0.05, 0) is 48.7 Å². The molecule has 0 radical (unpaired) electrons. The van der Waals surface area contributed by atoms with E-state index >= 15 is 0 Å². The number of carbonyl (C=O) groups excluding carboxylic acids is 1. The zero-order valence-electron chi connectivity index (χ0n) is 15.5. The fraction of sp³-hybridized carbons (Fsp3) is 0.333. The Morgan fingerprint density at radius 2 is 2.19 bits per heavy atom. The molecule has 0 saturated carbocycles. The van der Waals surface area contributed by atoms with Crippen molar-refractivity contribution in [2.45, 2.75) is 32.9 Å². The maximum Gasteiger partial charge on any atom is 0.251 e. The molecule has 3 aromatic rings. The number of aryl methyl sites for hydroxylation is 1. The number of nitrogens with one attached hydrogen (secondary N) is 1. The first-order valence-corrected chi connectivity index (χ1v) is 9.94. The summed E-state index contributed by atoms with van der Waals surface area (Å²) >= 11 is 3.46. The fourth-order valence-electron chi connectivity index (χ4n) is 3.65. The van der Waals surface area contributed by atoms with E-state index in [2.05, 4.69) is 32.7 Å². The highest BCUT2D eigenvalue weighted by atomic mass is 79.9. The summed E-state index contributed by atoms with van der Waals surface area (Å²) in [5.74, 6) is 2.43. The molecule has 1 N–H and O–H groups in total. The number of hydrogen-bond donors (Lipinski definition) is 1. The van der Waals surface area contributed by atoms with Crippen molar-refractivity contribution < 1.29 is 9.53 Å². The molecule has 4 rings (SSSR count). The average molecular weight is 428 g/mol. The van der Waals surface area contributed by atoms with Gasteiger partial charge in [-0.15, -0.1) is 0 Å². The highest BCUT2D eigenvalue weighted by Gasteiger charge is 2.20. The van der Waals surface area contributed by atoms with Crippen molar-refractivity contribution in [3.8, 4) is 5.75 Å². The monoisotopic (exact) mass is 427 g/mol. The van der Waals surface area contributed by atoms with Crippen LogP contribution in [0.15, 0.2) is 40.9 Å². The Balaban J connectivity index is 1.54. The van der Waals surface area contributed by atoms with E-state index in [9.17, 15) is 4.79 Å². The first kappa shape index (κ1) is 18.0. The van der Waals surface area contributed by atoms with Crippen molar-refractivity contribution in [1.82, 2.24) is 14.9 Å². The molecule has 2 aromatic carbocycles. The van der Waals surface area contributed by atoms with Gasteiger partial charge >= 0.3 is 0 Å². The van der Waals surface area contributed by atoms with Crippen LogP contribution < -0.4 is 10.1 Å². The number of methoxy groups -OCH3 is 1. The molecule has 1 amide bonds. The van der Waals surface area contributed by atoms with Crippen molar-refractivity contribution in [1.29, 1.82) is 0 Å². The lowest BCUT2D eigenvalue weighted by Crippen LogP contribution is -2.23. The lowest BCUT2D eigenvalue weighted by Gasteiger charge is -2.20. The number of aromatic nitrogens is 2. The fourth-order valence-corrected chi connectivity index (χ4v) is 4.06. The van der Waals surface area contributed by atoms with E-state index < -0.39 is 0 Å². The predicted molar refractivity (Wildman–Crippen MR) is 109 cm³/mol. The molecule has 1 aromatic heterocycles. The molecule has 0 bridgehead atoms. The topological polar surface area (TPSA) is 56.1 Å². The summed E-state index contributed by atoms with van der Waals surface area (Å²) in [5.41, 5.74) is 3.56. The standard InChI is InChI=1S/C21H22BrN3O2/c1-13-7-8-25-18-5-3-14(11-17(18)24-20(25)9-13)21(26)23-12-15-10-16(22)4-6-19(15)27-2/h3-6,10-11,13H,7-9,12H2,1-2H3,(H,23,26)/t13-/m1/s1. The zero-order valence-corrected chi connectivity index (χ0v) is 17.0. The number of hydrogen-bond acceptors (Lipinski definition) is 3. The molecule has 2 heterocycles. The second-order valence-electron chi connectivity index (χ2n) is 7.12. The van der Waals surface area contributed by atoms with E-state index in [0.717, 1.165) is 45.6 Å². The summed E-state index contributed by atoms with van der Waals surface area (Å²) in [7, 11) is 1.63. The molecule has 0 spiro atoms. The van der Waals surface area contributed by atoms with Gasteiger partial charge in [-0.25, -0.2) is 4.98 Å². The number of rotatable bonds is 4. The van der Waals surface area contributed by atoms with E-state index in [-0.39, 0.29) is 5.91 Å². The van der Waals surface area contributed by atoms with Gasteiger partial charge in [0.15, 0.2) is 0 Å². The van der Waals surface area contributed by atoms with Crippen LogP contribution in [0.3, 0.4) is 0 Å². The molecule has 0 aliphatic carbocycles. The van der Waals surface area contributed by atoms with Gasteiger partial charge in [0, 0.05) is 35.1 Å². The van der Waals surface area contributed by atoms with Crippen LogP contribution in [-0.4, -0.2) is 22.6 Å². The molecule has 1 atom stereocenters. The van der Waals surface area contributed by atoms with Gasteiger partial charge < -0.3 is 14.6 Å². The molecular weight excluding hydrogens is 406 g/mol. The van der Waals surface area contributed by atoms with Crippen LogP contribution in [0.2, 0.25) is 0 Å². The van der Waals surface area contributed by atoms with E-state index in [1.54, 1.807) is 7.11 Å². The molecule has 1 aliphatic rings. The third kappa shape index (κ3) is 3.58. The van der Waals surface area contributed by atoms with Crippen LogP contribution in [0.5, 0.6) is 5.75 Å². The summed E-state index contributed by atoms with van der Waals surface area (Å²) in [6.45, 7) is 3.66. The minimum atomic E-state index is -0.113. The quantitative estimate of drug-likeness (QED) is 0.674. The Bertz CT molecular complexity index is 1010. The lowest BCUT2D eigenvalue weighted by molar-refractivity contribution is 0.0951. The number of fused-ring (bicyclic) bond motifs is 3. The van der Waals surface area contributed by atoms with Gasteiger partial charge in [-0.1, -0.05) is 22.9 Å². The Labute approximate surface area is 166 Å². The number of amides is 1. The number of ether oxygens (including phenoxy) is 1. The van der Waals surface area contributed by atoms with Crippen LogP contribution in [0.25, 0.3) is 11.0 Å². The van der Waals surface area contributed by atoms with Crippen LogP contribution in [-0.2, 0) is 19.5 Å². The lowest BCUT2D eigenvalue weighted by atomic mass is 10.0. The van der Waals surface area contributed by atoms with Crippen LogP contribution in [0, 0.1) is 5.92 Å². The molecule has 5 nitrogen and oxygen atoms in total. The summed E-state index contributed by atoms with van der Waals surface area (Å²) in [5, 5.41) is 2.98. The van der Waals surface area contributed by atoms with Crippen molar-refractivity contribution in [2.75, 3.05) is 7.11 Å². The third-order valence-electron chi connectivity index (χ3n) is 5.15. The van der Waals surface area contributed by atoms with E-state index in [1.165, 1.54) is 6.42 Å². The predicted octanol–water partition coefficient (Wildman–Crippen LogP) is 4.32. The molecule has 6 heteroatoms. The zero-order chi connectivity index (χ0) is 19.0. The van der Waals surface area contributed by atoms with Gasteiger partial charge in [0.05, 0.1) is 18.1 Å². The largest absolute Gasteiger partial charge is 0.496 e. The Kier molecular flexibility index (Phi) is 4.91. The van der Waals surface area contributed by atoms with E-state index in [4.69, 9.17) is 9.72 Å². The van der Waals surface area contributed by atoms with Crippen molar-refractivity contribution >= 4 is 32.9 Å². The smallest absolute Gasteiger partial charge is 0.251 e. The minimum Gasteiger partial charge on any atom is -0.496 e. The Hall–Kier alpha value is -2.34. The molecule has 0 unspecified atom stereocenters. The first-order chi connectivity index (χ1) is 13.0. The number of halogens is 1. The van der Waals surface area contributed by atoms with Crippen molar-refractivity contribution in [2.24, 2.45) is 5.92 Å². The number of carbonyl (C=O) groups is 1. The normalized spacial score (nSPS) is 16.2. The van der Waals surface area contributed by atoms with Gasteiger partial charge in [-0.3, -0.25) is 4.79 Å². The maximum absolute atomic E-state index is 12.6. The number of benzene rings is 2. The van der Waals surface area contributed by atoms with Gasteiger partial charge in [-0.2, -0.15) is 0 Å². The molecular formula is C21H22BrN3O2. The third-order valence-corrected chi connectivity index (χ3v) is 5.64. The summed E-state index contributed by atoms with van der Waals surface area (Å²) < 4.78 is 8.60. The van der Waals surface area contributed by atoms with Gasteiger partial charge in [0.25, 0.3) is 5.91 Å². The van der Waals surface area contributed by atoms with Crippen molar-refractivity contribution in [3.63, 3.8) is 0 Å².